The molecule has 1 atom stereocenters. The highest BCUT2D eigenvalue weighted by Crippen LogP contribution is 2.26. The summed E-state index contributed by atoms with van der Waals surface area (Å²) in [5, 5.41) is 5.21. The summed E-state index contributed by atoms with van der Waals surface area (Å²) >= 11 is 0. The lowest BCUT2D eigenvalue weighted by molar-refractivity contribution is -0.200. The zero-order chi connectivity index (χ0) is 27.1. The monoisotopic (exact) mass is 534 g/mol. The number of carbonyl (C=O) groups excluding carboxylic acids is 2. The summed E-state index contributed by atoms with van der Waals surface area (Å²) in [4.78, 5) is 30.6. The molecule has 2 aromatic rings. The van der Waals surface area contributed by atoms with E-state index in [9.17, 15) is 9.59 Å². The van der Waals surface area contributed by atoms with Gasteiger partial charge >= 0.3 is 0 Å². The number of allylic oxidation sites excluding steroid dienone is 2. The fourth-order valence-corrected chi connectivity index (χ4v) is 4.97. The van der Waals surface area contributed by atoms with E-state index in [2.05, 4.69) is 29.0 Å². The standard InChI is InChI=1S/C32H42N2O5/c35-30(34-39-31-20-9-10-23-37-31)19-6-2-5-15-27(32(36)33-22-21-25-12-3-1-4-13-25)24-38-29-18-11-16-26-14-7-8-17-28(26)29/h7-8,11-12,14-18,31H,1-6,9-10,13,19-24H2,(H,33,36)(H,34,35). The average Bonchev–Trinajstić information content (AvgIpc) is 2.98. The number of hydroxylamine groups is 1. The molecule has 1 heterocycles. The summed E-state index contributed by atoms with van der Waals surface area (Å²) < 4.78 is 11.6. The van der Waals surface area contributed by atoms with E-state index in [0.717, 1.165) is 61.5 Å². The number of hydrogen-bond donors (Lipinski definition) is 2. The van der Waals surface area contributed by atoms with Crippen molar-refractivity contribution in [3.8, 4) is 5.75 Å². The second-order valence-corrected chi connectivity index (χ2v) is 10.3. The van der Waals surface area contributed by atoms with Gasteiger partial charge in [-0.2, -0.15) is 0 Å². The first-order chi connectivity index (χ1) is 19.2. The third-order valence-corrected chi connectivity index (χ3v) is 7.23. The molecule has 4 rings (SSSR count). The smallest absolute Gasteiger partial charge is 0.250 e. The predicted octanol–water partition coefficient (Wildman–Crippen LogP) is 6.29. The van der Waals surface area contributed by atoms with Gasteiger partial charge in [0.1, 0.15) is 12.4 Å². The molecule has 1 aliphatic carbocycles. The minimum absolute atomic E-state index is 0.0923. The first-order valence-electron chi connectivity index (χ1n) is 14.5. The molecule has 0 spiro atoms. The third-order valence-electron chi connectivity index (χ3n) is 7.23. The van der Waals surface area contributed by atoms with Crippen molar-refractivity contribution in [2.45, 2.75) is 83.3 Å². The van der Waals surface area contributed by atoms with Crippen molar-refractivity contribution in [3.05, 3.63) is 65.8 Å². The second kappa shape index (κ2) is 16.1. The summed E-state index contributed by atoms with van der Waals surface area (Å²) in [5.41, 5.74) is 4.56. The van der Waals surface area contributed by atoms with Gasteiger partial charge in [-0.1, -0.05) is 54.1 Å². The molecule has 39 heavy (non-hydrogen) atoms. The first kappa shape index (κ1) is 28.8. The molecule has 2 aliphatic rings. The van der Waals surface area contributed by atoms with Crippen LogP contribution in [0.1, 0.15) is 77.0 Å². The SMILES string of the molecule is O=C(CCCCC=C(COc1cccc2ccccc12)C(=O)NCCC1=CCCCC1)NOC1CCCCO1. The van der Waals surface area contributed by atoms with Crippen LogP contribution in [0.4, 0.5) is 0 Å². The van der Waals surface area contributed by atoms with Crippen molar-refractivity contribution in [3.63, 3.8) is 0 Å². The Kier molecular flexibility index (Phi) is 11.9. The second-order valence-electron chi connectivity index (χ2n) is 10.3. The molecule has 1 unspecified atom stereocenters. The highest BCUT2D eigenvalue weighted by atomic mass is 16.8. The summed E-state index contributed by atoms with van der Waals surface area (Å²) in [6.45, 7) is 1.49. The highest BCUT2D eigenvalue weighted by Gasteiger charge is 2.16. The van der Waals surface area contributed by atoms with Crippen molar-refractivity contribution in [2.75, 3.05) is 19.8 Å². The Morgan fingerprint density at radius 1 is 1.03 bits per heavy atom. The Morgan fingerprint density at radius 3 is 2.77 bits per heavy atom. The molecule has 2 N–H and O–H groups in total. The Bertz CT molecular complexity index is 1130. The van der Waals surface area contributed by atoms with E-state index in [1.165, 1.54) is 18.4 Å². The molecule has 0 bridgehead atoms. The maximum Gasteiger partial charge on any atom is 0.250 e. The third kappa shape index (κ3) is 9.83. The maximum absolute atomic E-state index is 13.1. The Morgan fingerprint density at radius 2 is 1.92 bits per heavy atom. The minimum atomic E-state index is -0.345. The van der Waals surface area contributed by atoms with Crippen molar-refractivity contribution in [1.82, 2.24) is 10.8 Å². The van der Waals surface area contributed by atoms with Crippen LogP contribution in [-0.2, 0) is 19.2 Å². The molecular formula is C32H42N2O5. The van der Waals surface area contributed by atoms with Crippen LogP contribution in [-0.4, -0.2) is 37.9 Å². The topological polar surface area (TPSA) is 85.9 Å². The van der Waals surface area contributed by atoms with Crippen LogP contribution in [0.25, 0.3) is 10.8 Å². The molecular weight excluding hydrogens is 492 g/mol. The van der Waals surface area contributed by atoms with E-state index in [1.807, 2.05) is 36.4 Å². The minimum Gasteiger partial charge on any atom is -0.488 e. The number of fused-ring (bicyclic) bond motifs is 1. The van der Waals surface area contributed by atoms with Crippen LogP contribution in [0.3, 0.4) is 0 Å². The lowest BCUT2D eigenvalue weighted by atomic mass is 9.97. The Labute approximate surface area is 231 Å². The zero-order valence-electron chi connectivity index (χ0n) is 22.9. The van der Waals surface area contributed by atoms with Gasteiger partial charge in [-0.3, -0.25) is 9.59 Å². The maximum atomic E-state index is 13.1. The number of unbranched alkanes of at least 4 members (excludes halogenated alkanes) is 2. The van der Waals surface area contributed by atoms with Gasteiger partial charge in [0.05, 0.1) is 5.57 Å². The number of nitrogens with one attached hydrogen (secondary N) is 2. The average molecular weight is 535 g/mol. The van der Waals surface area contributed by atoms with E-state index < -0.39 is 0 Å². The molecule has 0 aromatic heterocycles. The molecule has 1 aliphatic heterocycles. The van der Waals surface area contributed by atoms with Gasteiger partial charge in [0.15, 0.2) is 6.29 Å². The van der Waals surface area contributed by atoms with Crippen molar-refractivity contribution in [1.29, 1.82) is 0 Å². The number of amides is 2. The number of benzene rings is 2. The summed E-state index contributed by atoms with van der Waals surface area (Å²) in [6, 6.07) is 14.0. The number of carbonyl (C=O) groups is 2. The van der Waals surface area contributed by atoms with Crippen LogP contribution in [0.5, 0.6) is 5.75 Å². The van der Waals surface area contributed by atoms with E-state index in [4.69, 9.17) is 14.3 Å². The van der Waals surface area contributed by atoms with E-state index in [-0.39, 0.29) is 24.7 Å². The molecule has 1 fully saturated rings. The van der Waals surface area contributed by atoms with Crippen LogP contribution in [0.15, 0.2) is 65.8 Å². The normalized spacial score (nSPS) is 17.9. The van der Waals surface area contributed by atoms with Crippen LogP contribution >= 0.6 is 0 Å². The summed E-state index contributed by atoms with van der Waals surface area (Å²) in [5.74, 6) is 0.519. The van der Waals surface area contributed by atoms with Gasteiger partial charge in [-0.05, 0) is 75.7 Å². The van der Waals surface area contributed by atoms with Crippen LogP contribution in [0.2, 0.25) is 0 Å². The van der Waals surface area contributed by atoms with Crippen LogP contribution in [0, 0.1) is 0 Å². The van der Waals surface area contributed by atoms with Crippen molar-refractivity contribution < 1.29 is 23.9 Å². The van der Waals surface area contributed by atoms with E-state index >= 15 is 0 Å². The van der Waals surface area contributed by atoms with Crippen LogP contribution < -0.4 is 15.5 Å². The van der Waals surface area contributed by atoms with Gasteiger partial charge in [0.2, 0.25) is 11.8 Å². The molecule has 7 heteroatoms. The molecule has 0 saturated carbocycles. The van der Waals surface area contributed by atoms with Gasteiger partial charge in [0, 0.05) is 31.4 Å². The fraction of sp³-hybridized carbons (Fsp3) is 0.500. The largest absolute Gasteiger partial charge is 0.488 e. The molecule has 0 radical (unpaired) electrons. The van der Waals surface area contributed by atoms with Gasteiger partial charge in [0.25, 0.3) is 0 Å². The lowest BCUT2D eigenvalue weighted by Crippen LogP contribution is -2.32. The van der Waals surface area contributed by atoms with Crippen molar-refractivity contribution in [2.24, 2.45) is 0 Å². The summed E-state index contributed by atoms with van der Waals surface area (Å²) in [7, 11) is 0. The van der Waals surface area contributed by atoms with Gasteiger partial charge < -0.3 is 14.8 Å². The lowest BCUT2D eigenvalue weighted by Gasteiger charge is -2.22. The molecule has 2 aromatic carbocycles. The Balaban J connectivity index is 1.26. The van der Waals surface area contributed by atoms with E-state index in [1.54, 1.807) is 0 Å². The first-order valence-corrected chi connectivity index (χ1v) is 14.5. The molecule has 7 nitrogen and oxygen atoms in total. The highest BCUT2D eigenvalue weighted by molar-refractivity contribution is 5.94. The predicted molar refractivity (Wildman–Crippen MR) is 153 cm³/mol. The fourth-order valence-electron chi connectivity index (χ4n) is 4.97. The summed E-state index contributed by atoms with van der Waals surface area (Å²) in [6.07, 6.45) is 15.0. The number of hydrogen-bond acceptors (Lipinski definition) is 5. The van der Waals surface area contributed by atoms with Crippen molar-refractivity contribution >= 4 is 22.6 Å². The molecule has 1 saturated heterocycles. The quantitative estimate of drug-likeness (QED) is 0.129. The number of rotatable bonds is 14. The molecule has 2 amide bonds. The molecule has 210 valence electrons. The number of ether oxygens (including phenoxy) is 2. The Hall–Kier alpha value is -3.16. The zero-order valence-corrected chi connectivity index (χ0v) is 22.9. The van der Waals surface area contributed by atoms with Gasteiger partial charge in [-0.15, -0.1) is 0 Å². The van der Waals surface area contributed by atoms with Gasteiger partial charge in [-0.25, -0.2) is 10.3 Å². The van der Waals surface area contributed by atoms with E-state index in [0.29, 0.717) is 38.0 Å².